The number of halogens is 2. The first-order valence-electron chi connectivity index (χ1n) is 9.04. The molecule has 0 bridgehead atoms. The highest BCUT2D eigenvalue weighted by molar-refractivity contribution is 7.89. The molecule has 10 heteroatoms. The molecule has 0 unspecified atom stereocenters. The molecule has 30 heavy (non-hydrogen) atoms. The molecule has 0 N–H and O–H groups in total. The SMILES string of the molecule is Cc1ccc(C(=O)OCC(=O)c2ccc(F)c(F)c2)cc1S(=O)(=O)N1CCOCC1. The predicted molar refractivity (Wildman–Crippen MR) is 102 cm³/mol. The molecule has 1 aliphatic heterocycles. The Morgan fingerprint density at radius 1 is 1.03 bits per heavy atom. The molecular weight excluding hydrogens is 420 g/mol. The fourth-order valence-electron chi connectivity index (χ4n) is 2.90. The largest absolute Gasteiger partial charge is 0.454 e. The number of aryl methyl sites for hydroxylation is 1. The Kier molecular flexibility index (Phi) is 6.59. The molecule has 2 aromatic rings. The molecule has 7 nitrogen and oxygen atoms in total. The fourth-order valence-corrected chi connectivity index (χ4v) is 4.56. The van der Waals surface area contributed by atoms with E-state index in [9.17, 15) is 26.8 Å². The summed E-state index contributed by atoms with van der Waals surface area (Å²) in [6.45, 7) is 1.88. The minimum atomic E-state index is -3.83. The maximum atomic E-state index is 13.2. The molecule has 0 atom stereocenters. The second-order valence-corrected chi connectivity index (χ2v) is 8.53. The van der Waals surface area contributed by atoms with Crippen LogP contribution in [0.3, 0.4) is 0 Å². The van der Waals surface area contributed by atoms with Gasteiger partial charge in [-0.15, -0.1) is 0 Å². The van der Waals surface area contributed by atoms with Gasteiger partial charge < -0.3 is 9.47 Å². The average Bonchev–Trinajstić information content (AvgIpc) is 2.74. The first-order valence-corrected chi connectivity index (χ1v) is 10.5. The van der Waals surface area contributed by atoms with E-state index >= 15 is 0 Å². The van der Waals surface area contributed by atoms with Crippen LogP contribution >= 0.6 is 0 Å². The van der Waals surface area contributed by atoms with Crippen molar-refractivity contribution in [3.05, 3.63) is 64.7 Å². The van der Waals surface area contributed by atoms with Gasteiger partial charge in [0.1, 0.15) is 0 Å². The summed E-state index contributed by atoms with van der Waals surface area (Å²) in [4.78, 5) is 24.3. The van der Waals surface area contributed by atoms with Crippen molar-refractivity contribution in [3.63, 3.8) is 0 Å². The molecule has 0 aliphatic carbocycles. The number of carbonyl (C=O) groups is 2. The van der Waals surface area contributed by atoms with Gasteiger partial charge in [0.15, 0.2) is 24.0 Å². The molecule has 0 amide bonds. The number of carbonyl (C=O) groups excluding carboxylic acids is 2. The standard InChI is InChI=1S/C20H19F2NO6S/c1-13-2-3-15(11-19(13)30(26,27)23-6-8-28-9-7-23)20(25)29-12-18(24)14-4-5-16(21)17(22)10-14/h2-5,10-11H,6-9,12H2,1H3. The van der Waals surface area contributed by atoms with E-state index < -0.39 is 40.0 Å². The molecule has 160 valence electrons. The van der Waals surface area contributed by atoms with Crippen LogP contribution in [0.5, 0.6) is 0 Å². The van der Waals surface area contributed by atoms with E-state index in [0.29, 0.717) is 11.6 Å². The van der Waals surface area contributed by atoms with E-state index in [0.717, 1.165) is 12.1 Å². The van der Waals surface area contributed by atoms with Crippen LogP contribution in [-0.2, 0) is 19.5 Å². The highest BCUT2D eigenvalue weighted by atomic mass is 32.2. The first-order chi connectivity index (χ1) is 14.2. The minimum Gasteiger partial charge on any atom is -0.454 e. The van der Waals surface area contributed by atoms with Crippen molar-refractivity contribution in [2.45, 2.75) is 11.8 Å². The Labute approximate surface area is 172 Å². The number of hydrogen-bond donors (Lipinski definition) is 0. The molecule has 1 saturated heterocycles. The summed E-state index contributed by atoms with van der Waals surface area (Å²) in [7, 11) is -3.83. The Hall–Kier alpha value is -2.69. The number of hydrogen-bond acceptors (Lipinski definition) is 6. The van der Waals surface area contributed by atoms with E-state index in [1.165, 1.54) is 22.5 Å². The number of ketones is 1. The molecule has 1 fully saturated rings. The zero-order chi connectivity index (χ0) is 21.9. The van der Waals surface area contributed by atoms with Crippen molar-refractivity contribution in [2.24, 2.45) is 0 Å². The lowest BCUT2D eigenvalue weighted by Crippen LogP contribution is -2.40. The highest BCUT2D eigenvalue weighted by Gasteiger charge is 2.28. The molecule has 2 aromatic carbocycles. The van der Waals surface area contributed by atoms with E-state index in [1.54, 1.807) is 6.92 Å². The number of ether oxygens (including phenoxy) is 2. The summed E-state index contributed by atoms with van der Waals surface area (Å²) < 4.78 is 63.4. The zero-order valence-electron chi connectivity index (χ0n) is 16.1. The molecule has 0 radical (unpaired) electrons. The lowest BCUT2D eigenvalue weighted by molar-refractivity contribution is 0.0474. The third kappa shape index (κ3) is 4.72. The second kappa shape index (κ2) is 8.99. The van der Waals surface area contributed by atoms with Crippen LogP contribution in [0, 0.1) is 18.6 Å². The quantitative estimate of drug-likeness (QED) is 0.507. The molecule has 3 rings (SSSR count). The minimum absolute atomic E-state index is 0.0363. The fraction of sp³-hybridized carbons (Fsp3) is 0.300. The van der Waals surface area contributed by atoms with E-state index in [2.05, 4.69) is 0 Å². The molecule has 0 saturated carbocycles. The van der Waals surface area contributed by atoms with Crippen molar-refractivity contribution in [3.8, 4) is 0 Å². The number of Topliss-reactive ketones (excluding diaryl/α,β-unsaturated/α-hetero) is 1. The molecular formula is C20H19F2NO6S. The van der Waals surface area contributed by atoms with Crippen LogP contribution in [0.25, 0.3) is 0 Å². The monoisotopic (exact) mass is 439 g/mol. The number of sulfonamides is 1. The van der Waals surface area contributed by atoms with Gasteiger partial charge in [-0.2, -0.15) is 4.31 Å². The number of morpholine rings is 1. The Bertz CT molecular complexity index is 1080. The summed E-state index contributed by atoms with van der Waals surface area (Å²) in [5.74, 6) is -3.93. The van der Waals surface area contributed by atoms with Gasteiger partial charge in [-0.05, 0) is 42.8 Å². The van der Waals surface area contributed by atoms with E-state index in [1.807, 2.05) is 0 Å². The van der Waals surface area contributed by atoms with Crippen molar-refractivity contribution in [2.75, 3.05) is 32.9 Å². The number of esters is 1. The summed E-state index contributed by atoms with van der Waals surface area (Å²) in [6.07, 6.45) is 0. The van der Waals surface area contributed by atoms with Crippen molar-refractivity contribution >= 4 is 21.8 Å². The Balaban J connectivity index is 1.74. The summed E-state index contributed by atoms with van der Waals surface area (Å²) in [5, 5.41) is 0. The molecule has 0 aromatic heterocycles. The van der Waals surface area contributed by atoms with Crippen molar-refractivity contribution in [1.29, 1.82) is 0 Å². The van der Waals surface area contributed by atoms with Gasteiger partial charge in [-0.1, -0.05) is 6.07 Å². The summed E-state index contributed by atoms with van der Waals surface area (Å²) >= 11 is 0. The van der Waals surface area contributed by atoms with E-state index in [-0.39, 0.29) is 42.3 Å². The van der Waals surface area contributed by atoms with Gasteiger partial charge in [0.05, 0.1) is 23.7 Å². The van der Waals surface area contributed by atoms with E-state index in [4.69, 9.17) is 9.47 Å². The lowest BCUT2D eigenvalue weighted by atomic mass is 10.1. The number of rotatable bonds is 6. The maximum absolute atomic E-state index is 13.2. The van der Waals surface area contributed by atoms with Crippen LogP contribution in [-0.4, -0.2) is 57.4 Å². The topological polar surface area (TPSA) is 90.0 Å². The highest BCUT2D eigenvalue weighted by Crippen LogP contribution is 2.23. The van der Waals surface area contributed by atoms with Gasteiger partial charge in [0.25, 0.3) is 0 Å². The Morgan fingerprint density at radius 3 is 2.37 bits per heavy atom. The lowest BCUT2D eigenvalue weighted by Gasteiger charge is -2.26. The van der Waals surface area contributed by atoms with Gasteiger partial charge in [-0.25, -0.2) is 22.0 Å². The normalized spacial score (nSPS) is 15.0. The average molecular weight is 439 g/mol. The summed E-state index contributed by atoms with van der Waals surface area (Å²) in [6, 6.07) is 6.65. The number of benzene rings is 2. The van der Waals surface area contributed by atoms with Crippen molar-refractivity contribution in [1.82, 2.24) is 4.31 Å². The summed E-state index contributed by atoms with van der Waals surface area (Å²) in [5.41, 5.74) is 0.252. The molecule has 1 heterocycles. The van der Waals surface area contributed by atoms with Gasteiger partial charge >= 0.3 is 5.97 Å². The first kappa shape index (κ1) is 22.0. The van der Waals surface area contributed by atoms with Gasteiger partial charge in [0, 0.05) is 18.7 Å². The zero-order valence-corrected chi connectivity index (χ0v) is 16.9. The number of nitrogens with zero attached hydrogens (tertiary/aromatic N) is 1. The van der Waals surface area contributed by atoms with Gasteiger partial charge in [-0.3, -0.25) is 4.79 Å². The smallest absolute Gasteiger partial charge is 0.338 e. The third-order valence-electron chi connectivity index (χ3n) is 4.59. The third-order valence-corrected chi connectivity index (χ3v) is 6.63. The molecule has 0 spiro atoms. The second-order valence-electron chi connectivity index (χ2n) is 6.62. The Morgan fingerprint density at radius 2 is 1.70 bits per heavy atom. The van der Waals surface area contributed by atoms with Crippen LogP contribution in [0.1, 0.15) is 26.3 Å². The molecule has 1 aliphatic rings. The van der Waals surface area contributed by atoms with Crippen LogP contribution < -0.4 is 0 Å². The van der Waals surface area contributed by atoms with Crippen molar-refractivity contribution < 1.29 is 36.3 Å². The maximum Gasteiger partial charge on any atom is 0.338 e. The van der Waals surface area contributed by atoms with Crippen LogP contribution in [0.2, 0.25) is 0 Å². The van der Waals surface area contributed by atoms with Crippen LogP contribution in [0.15, 0.2) is 41.3 Å². The van der Waals surface area contributed by atoms with Crippen LogP contribution in [0.4, 0.5) is 8.78 Å². The predicted octanol–water partition coefficient (Wildman–Crippen LogP) is 2.33. The van der Waals surface area contributed by atoms with Gasteiger partial charge in [0.2, 0.25) is 10.0 Å².